The molecule has 0 spiro atoms. The van der Waals surface area contributed by atoms with Gasteiger partial charge in [0.15, 0.2) is 10.9 Å². The maximum atomic E-state index is 4.37. The summed E-state index contributed by atoms with van der Waals surface area (Å²) >= 11 is 1.68. The van der Waals surface area contributed by atoms with Crippen molar-refractivity contribution in [3.8, 4) is 0 Å². The Hall–Kier alpha value is -1.69. The van der Waals surface area contributed by atoms with Crippen LogP contribution in [0.4, 0.5) is 10.9 Å². The van der Waals surface area contributed by atoms with Gasteiger partial charge in [-0.25, -0.2) is 4.98 Å². The van der Waals surface area contributed by atoms with Crippen molar-refractivity contribution in [2.45, 2.75) is 32.2 Å². The van der Waals surface area contributed by atoms with Crippen LogP contribution in [0.25, 0.3) is 0 Å². The van der Waals surface area contributed by atoms with Gasteiger partial charge in [-0.15, -0.1) is 16.4 Å². The highest BCUT2D eigenvalue weighted by Crippen LogP contribution is 2.27. The van der Waals surface area contributed by atoms with E-state index in [1.165, 1.54) is 0 Å². The van der Waals surface area contributed by atoms with E-state index in [1.807, 2.05) is 11.6 Å². The number of anilines is 2. The van der Waals surface area contributed by atoms with Gasteiger partial charge in [0.25, 0.3) is 0 Å². The average molecular weight is 303 g/mol. The summed E-state index contributed by atoms with van der Waals surface area (Å²) in [4.78, 5) is 8.86. The molecule has 1 saturated heterocycles. The van der Waals surface area contributed by atoms with Gasteiger partial charge in [-0.3, -0.25) is 0 Å². The van der Waals surface area contributed by atoms with E-state index >= 15 is 0 Å². The van der Waals surface area contributed by atoms with Gasteiger partial charge in [0.05, 0.1) is 11.7 Å². The van der Waals surface area contributed by atoms with Crippen molar-refractivity contribution in [2.24, 2.45) is 0 Å². The molecule has 5 nitrogen and oxygen atoms in total. The second-order valence-electron chi connectivity index (χ2n) is 6.51. The summed E-state index contributed by atoms with van der Waals surface area (Å²) in [5, 5.41) is 11.8. The van der Waals surface area contributed by atoms with Gasteiger partial charge >= 0.3 is 0 Å². The molecule has 0 atom stereocenters. The standard InChI is InChI=1S/C15H21N5S/c1-15(2,3)12-5-6-13(18-17-12)20-9-11(10-20)19(4)14-16-7-8-21-14/h5-8,11H,9-10H2,1-4H3. The lowest BCUT2D eigenvalue weighted by atomic mass is 9.92. The molecule has 3 heterocycles. The molecule has 1 fully saturated rings. The smallest absolute Gasteiger partial charge is 0.185 e. The van der Waals surface area contributed by atoms with Gasteiger partial charge in [-0.1, -0.05) is 20.8 Å². The molecular weight excluding hydrogens is 282 g/mol. The molecule has 2 aromatic heterocycles. The van der Waals surface area contributed by atoms with E-state index < -0.39 is 0 Å². The van der Waals surface area contributed by atoms with Crippen LogP contribution in [-0.2, 0) is 5.41 Å². The first kappa shape index (κ1) is 14.3. The summed E-state index contributed by atoms with van der Waals surface area (Å²) in [5.74, 6) is 0.965. The van der Waals surface area contributed by atoms with Gasteiger partial charge < -0.3 is 9.80 Å². The van der Waals surface area contributed by atoms with E-state index in [0.29, 0.717) is 6.04 Å². The molecule has 112 valence electrons. The fourth-order valence-corrected chi connectivity index (χ4v) is 3.01. The number of likely N-dealkylation sites (N-methyl/N-ethyl adjacent to an activating group) is 1. The van der Waals surface area contributed by atoms with Crippen LogP contribution >= 0.6 is 11.3 Å². The normalized spacial score (nSPS) is 15.9. The summed E-state index contributed by atoms with van der Waals surface area (Å²) < 4.78 is 0. The molecule has 0 unspecified atom stereocenters. The number of nitrogens with zero attached hydrogens (tertiary/aromatic N) is 5. The van der Waals surface area contributed by atoms with Gasteiger partial charge in [-0.05, 0) is 12.1 Å². The van der Waals surface area contributed by atoms with E-state index in [0.717, 1.165) is 29.7 Å². The first-order valence-corrected chi connectivity index (χ1v) is 8.04. The number of aromatic nitrogens is 3. The van der Waals surface area contributed by atoms with Gasteiger partial charge in [0, 0.05) is 37.1 Å². The van der Waals surface area contributed by atoms with Gasteiger partial charge in [0.1, 0.15) is 0 Å². The van der Waals surface area contributed by atoms with Crippen molar-refractivity contribution in [3.05, 3.63) is 29.4 Å². The molecule has 0 bridgehead atoms. The summed E-state index contributed by atoms with van der Waals surface area (Å²) in [6.45, 7) is 8.40. The Morgan fingerprint density at radius 2 is 2.00 bits per heavy atom. The first-order chi connectivity index (χ1) is 9.95. The molecular formula is C15H21N5S. The van der Waals surface area contributed by atoms with Crippen LogP contribution in [0.2, 0.25) is 0 Å². The molecule has 21 heavy (non-hydrogen) atoms. The summed E-state index contributed by atoms with van der Waals surface area (Å²) in [5.41, 5.74) is 1.08. The predicted molar refractivity (Wildman–Crippen MR) is 87.3 cm³/mol. The molecule has 0 radical (unpaired) electrons. The molecule has 2 aromatic rings. The van der Waals surface area contributed by atoms with Crippen LogP contribution in [-0.4, -0.2) is 41.4 Å². The highest BCUT2D eigenvalue weighted by atomic mass is 32.1. The van der Waals surface area contributed by atoms with Crippen molar-refractivity contribution in [3.63, 3.8) is 0 Å². The average Bonchev–Trinajstić information content (AvgIpc) is 2.90. The topological polar surface area (TPSA) is 45.2 Å². The lowest BCUT2D eigenvalue weighted by molar-refractivity contribution is 0.487. The van der Waals surface area contributed by atoms with E-state index in [2.05, 4.69) is 64.9 Å². The maximum absolute atomic E-state index is 4.37. The minimum absolute atomic E-state index is 0.0497. The summed E-state index contributed by atoms with van der Waals surface area (Å²) in [6.07, 6.45) is 1.85. The maximum Gasteiger partial charge on any atom is 0.185 e. The molecule has 0 aliphatic carbocycles. The van der Waals surface area contributed by atoms with Crippen LogP contribution < -0.4 is 9.80 Å². The third kappa shape index (κ3) is 2.85. The predicted octanol–water partition coefficient (Wildman–Crippen LogP) is 2.56. The monoisotopic (exact) mass is 303 g/mol. The van der Waals surface area contributed by atoms with Crippen LogP contribution in [0.1, 0.15) is 26.5 Å². The summed E-state index contributed by atoms with van der Waals surface area (Å²) in [6, 6.07) is 4.66. The summed E-state index contributed by atoms with van der Waals surface area (Å²) in [7, 11) is 2.11. The molecule has 0 amide bonds. The van der Waals surface area contributed by atoms with E-state index in [1.54, 1.807) is 11.3 Å². The Morgan fingerprint density at radius 3 is 2.52 bits per heavy atom. The SMILES string of the molecule is CN(c1nccs1)C1CN(c2ccc(C(C)(C)C)nn2)C1. The van der Waals surface area contributed by atoms with Crippen LogP contribution in [0.3, 0.4) is 0 Å². The van der Waals surface area contributed by atoms with Crippen molar-refractivity contribution in [1.29, 1.82) is 0 Å². The zero-order valence-corrected chi connectivity index (χ0v) is 13.8. The lowest BCUT2D eigenvalue weighted by Gasteiger charge is -2.44. The molecule has 0 aromatic carbocycles. The Morgan fingerprint density at radius 1 is 1.24 bits per heavy atom. The number of thiazole rings is 1. The highest BCUT2D eigenvalue weighted by molar-refractivity contribution is 7.13. The third-order valence-electron chi connectivity index (χ3n) is 3.87. The van der Waals surface area contributed by atoms with Crippen molar-refractivity contribution in [1.82, 2.24) is 15.2 Å². The Kier molecular flexibility index (Phi) is 3.57. The zero-order chi connectivity index (χ0) is 15.0. The molecule has 0 saturated carbocycles. The fourth-order valence-electron chi connectivity index (χ4n) is 2.33. The Bertz CT molecular complexity index is 582. The van der Waals surface area contributed by atoms with Gasteiger partial charge in [0.2, 0.25) is 0 Å². The second-order valence-corrected chi connectivity index (χ2v) is 7.38. The van der Waals surface area contributed by atoms with Crippen molar-refractivity contribution in [2.75, 3.05) is 29.9 Å². The minimum atomic E-state index is 0.0497. The third-order valence-corrected chi connectivity index (χ3v) is 4.74. The van der Waals surface area contributed by atoms with Crippen LogP contribution in [0.15, 0.2) is 23.7 Å². The Labute approximate surface area is 129 Å². The van der Waals surface area contributed by atoms with E-state index in [4.69, 9.17) is 0 Å². The molecule has 1 aliphatic heterocycles. The van der Waals surface area contributed by atoms with E-state index in [-0.39, 0.29) is 5.41 Å². The number of hydrogen-bond acceptors (Lipinski definition) is 6. The van der Waals surface area contributed by atoms with Crippen molar-refractivity contribution < 1.29 is 0 Å². The first-order valence-electron chi connectivity index (χ1n) is 7.16. The lowest BCUT2D eigenvalue weighted by Crippen LogP contribution is -2.59. The quantitative estimate of drug-likeness (QED) is 0.872. The number of rotatable bonds is 3. The molecule has 3 rings (SSSR count). The fraction of sp³-hybridized carbons (Fsp3) is 0.533. The van der Waals surface area contributed by atoms with E-state index in [9.17, 15) is 0 Å². The van der Waals surface area contributed by atoms with Crippen LogP contribution in [0.5, 0.6) is 0 Å². The molecule has 6 heteroatoms. The molecule has 1 aliphatic rings. The second kappa shape index (κ2) is 5.26. The minimum Gasteiger partial charge on any atom is -0.351 e. The van der Waals surface area contributed by atoms with Gasteiger partial charge in [-0.2, -0.15) is 5.10 Å². The zero-order valence-electron chi connectivity index (χ0n) is 12.9. The van der Waals surface area contributed by atoms with Crippen molar-refractivity contribution >= 4 is 22.3 Å². The van der Waals surface area contributed by atoms with Crippen LogP contribution in [0, 0.1) is 0 Å². The highest BCUT2D eigenvalue weighted by Gasteiger charge is 2.32. The largest absolute Gasteiger partial charge is 0.351 e. The Balaban J connectivity index is 1.61. The molecule has 0 N–H and O–H groups in total. The number of hydrogen-bond donors (Lipinski definition) is 0.